The van der Waals surface area contributed by atoms with Crippen LogP contribution >= 0.6 is 11.8 Å². The van der Waals surface area contributed by atoms with Gasteiger partial charge in [0.2, 0.25) is 11.8 Å². The van der Waals surface area contributed by atoms with Gasteiger partial charge >= 0.3 is 5.97 Å². The van der Waals surface area contributed by atoms with Gasteiger partial charge in [-0.1, -0.05) is 42.5 Å². The number of hydrogen-bond donors (Lipinski definition) is 2. The maximum absolute atomic E-state index is 12.5. The number of carbonyl (C=O) groups is 3. The summed E-state index contributed by atoms with van der Waals surface area (Å²) < 4.78 is 5.72. The van der Waals surface area contributed by atoms with E-state index in [9.17, 15) is 19.5 Å². The van der Waals surface area contributed by atoms with Crippen LogP contribution in [-0.4, -0.2) is 45.5 Å². The fourth-order valence-corrected chi connectivity index (χ4v) is 4.12. The monoisotopic (exact) mass is 426 g/mol. The number of nitrogens with one attached hydrogen (secondary N) is 1. The Hall–Kier alpha value is -3.26. The third-order valence-corrected chi connectivity index (χ3v) is 5.53. The Bertz CT molecular complexity index is 944. The molecule has 0 spiro atoms. The van der Waals surface area contributed by atoms with Crippen molar-refractivity contribution in [2.24, 2.45) is 0 Å². The molecular weight excluding hydrogens is 404 g/mol. The highest BCUT2D eigenvalue weighted by molar-refractivity contribution is 7.99. The van der Waals surface area contributed by atoms with Crippen LogP contribution in [-0.2, 0) is 21.0 Å². The Balaban J connectivity index is 1.65. The molecule has 0 aromatic heterocycles. The number of nitrogens with zero attached hydrogens (tertiary/aromatic N) is 1. The summed E-state index contributed by atoms with van der Waals surface area (Å²) in [5.74, 6) is -0.473. The third kappa shape index (κ3) is 5.64. The molecular formula is C22H22N2O5S. The number of amides is 2. The number of rotatable bonds is 7. The molecule has 1 aliphatic heterocycles. The second-order valence-corrected chi connectivity index (χ2v) is 7.70. The predicted molar refractivity (Wildman–Crippen MR) is 115 cm³/mol. The van der Waals surface area contributed by atoms with Crippen molar-refractivity contribution in [3.05, 3.63) is 71.4 Å². The zero-order valence-corrected chi connectivity index (χ0v) is 17.2. The Morgan fingerprint density at radius 1 is 1.17 bits per heavy atom. The molecule has 0 aliphatic carbocycles. The first kappa shape index (κ1) is 21.4. The summed E-state index contributed by atoms with van der Waals surface area (Å²) in [5, 5.41) is 11.9. The molecule has 1 heterocycles. The predicted octanol–water partition coefficient (Wildman–Crippen LogP) is 2.73. The average Bonchev–Trinajstić information content (AvgIpc) is 3.24. The van der Waals surface area contributed by atoms with E-state index in [-0.39, 0.29) is 11.6 Å². The van der Waals surface area contributed by atoms with E-state index in [0.29, 0.717) is 29.5 Å². The summed E-state index contributed by atoms with van der Waals surface area (Å²) in [7, 11) is 0. The number of carbonyl (C=O) groups excluding carboxylic acids is 2. The van der Waals surface area contributed by atoms with Crippen molar-refractivity contribution in [1.29, 1.82) is 0 Å². The number of benzene rings is 2. The Kier molecular flexibility index (Phi) is 7.13. The summed E-state index contributed by atoms with van der Waals surface area (Å²) in [4.78, 5) is 37.2. The lowest BCUT2D eigenvalue weighted by Crippen LogP contribution is -2.46. The molecule has 8 heteroatoms. The van der Waals surface area contributed by atoms with E-state index in [2.05, 4.69) is 5.32 Å². The van der Waals surface area contributed by atoms with Gasteiger partial charge in [0.15, 0.2) is 0 Å². The quantitative estimate of drug-likeness (QED) is 0.661. The van der Waals surface area contributed by atoms with Crippen molar-refractivity contribution < 1.29 is 24.2 Å². The molecule has 2 aromatic rings. The number of ether oxygens (including phenoxy) is 1. The van der Waals surface area contributed by atoms with Gasteiger partial charge in [-0.3, -0.25) is 9.59 Å². The first-order valence-electron chi connectivity index (χ1n) is 9.31. The van der Waals surface area contributed by atoms with E-state index in [1.54, 1.807) is 24.3 Å². The zero-order valence-electron chi connectivity index (χ0n) is 16.4. The lowest BCUT2D eigenvalue weighted by molar-refractivity contribution is -0.137. The second kappa shape index (κ2) is 9.98. The first-order chi connectivity index (χ1) is 14.4. The fraction of sp³-hybridized carbons (Fsp3) is 0.227. The SMILES string of the molecule is CC(=O)N1CSC[C@H]1C(=O)N/C(=C\c1ccc(OCc2ccccc2)cc1)C(=O)O. The second-order valence-electron chi connectivity index (χ2n) is 6.70. The van der Waals surface area contributed by atoms with Crippen molar-refractivity contribution in [3.63, 3.8) is 0 Å². The molecule has 1 atom stereocenters. The van der Waals surface area contributed by atoms with Crippen LogP contribution < -0.4 is 10.1 Å². The van der Waals surface area contributed by atoms with Gasteiger partial charge in [-0.05, 0) is 29.3 Å². The van der Waals surface area contributed by atoms with Crippen molar-refractivity contribution in [1.82, 2.24) is 10.2 Å². The van der Waals surface area contributed by atoms with Gasteiger partial charge in [-0.15, -0.1) is 11.8 Å². The standard InChI is InChI=1S/C22H22N2O5S/c1-15(25)24-14-30-13-20(24)21(26)23-19(22(27)28)11-16-7-9-18(10-8-16)29-12-17-5-3-2-4-6-17/h2-11,20H,12-14H2,1H3,(H,23,26)(H,27,28)/b19-11-/t20-/m0/s1. The summed E-state index contributed by atoms with van der Waals surface area (Å²) in [6.07, 6.45) is 1.38. The van der Waals surface area contributed by atoms with Gasteiger partial charge in [0.1, 0.15) is 24.1 Å². The summed E-state index contributed by atoms with van der Waals surface area (Å²) in [6.45, 7) is 1.82. The Morgan fingerprint density at radius 3 is 2.50 bits per heavy atom. The van der Waals surface area contributed by atoms with E-state index in [1.165, 1.54) is 29.7 Å². The first-order valence-corrected chi connectivity index (χ1v) is 10.5. The van der Waals surface area contributed by atoms with Gasteiger partial charge in [-0.2, -0.15) is 0 Å². The van der Waals surface area contributed by atoms with E-state index in [0.717, 1.165) is 5.56 Å². The minimum Gasteiger partial charge on any atom is -0.489 e. The molecule has 3 rings (SSSR count). The van der Waals surface area contributed by atoms with Gasteiger partial charge in [0, 0.05) is 12.7 Å². The maximum Gasteiger partial charge on any atom is 0.352 e. The highest BCUT2D eigenvalue weighted by atomic mass is 32.2. The Morgan fingerprint density at radius 2 is 1.87 bits per heavy atom. The number of carboxylic acid groups (broad SMARTS) is 1. The van der Waals surface area contributed by atoms with Crippen molar-refractivity contribution >= 4 is 35.6 Å². The van der Waals surface area contributed by atoms with Crippen LogP contribution in [0.5, 0.6) is 5.75 Å². The summed E-state index contributed by atoms with van der Waals surface area (Å²) >= 11 is 1.45. The van der Waals surface area contributed by atoms with Crippen LogP contribution in [0.3, 0.4) is 0 Å². The highest BCUT2D eigenvalue weighted by Crippen LogP contribution is 2.21. The van der Waals surface area contributed by atoms with Crippen molar-refractivity contribution in [3.8, 4) is 5.75 Å². The van der Waals surface area contributed by atoms with Gasteiger partial charge < -0.3 is 20.1 Å². The molecule has 0 bridgehead atoms. The van der Waals surface area contributed by atoms with Gasteiger partial charge in [0.25, 0.3) is 0 Å². The van der Waals surface area contributed by atoms with Gasteiger partial charge in [-0.25, -0.2) is 4.79 Å². The topological polar surface area (TPSA) is 95.9 Å². The lowest BCUT2D eigenvalue weighted by Gasteiger charge is -2.21. The molecule has 0 saturated carbocycles. The minimum absolute atomic E-state index is 0.216. The number of thioether (sulfide) groups is 1. The van der Waals surface area contributed by atoms with Crippen LogP contribution in [0.2, 0.25) is 0 Å². The molecule has 0 unspecified atom stereocenters. The molecule has 2 N–H and O–H groups in total. The fourth-order valence-electron chi connectivity index (χ4n) is 2.91. The molecule has 2 aromatic carbocycles. The number of hydrogen-bond acceptors (Lipinski definition) is 5. The smallest absolute Gasteiger partial charge is 0.352 e. The van der Waals surface area contributed by atoms with Crippen LogP contribution in [0.1, 0.15) is 18.1 Å². The van der Waals surface area contributed by atoms with Crippen molar-refractivity contribution in [2.45, 2.75) is 19.6 Å². The molecule has 1 fully saturated rings. The van der Waals surface area contributed by atoms with E-state index in [1.807, 2.05) is 30.3 Å². The molecule has 1 aliphatic rings. The van der Waals surface area contributed by atoms with E-state index >= 15 is 0 Å². The average molecular weight is 426 g/mol. The largest absolute Gasteiger partial charge is 0.489 e. The number of aliphatic carboxylic acids is 1. The normalized spacial score (nSPS) is 16.2. The molecule has 156 valence electrons. The van der Waals surface area contributed by atoms with E-state index in [4.69, 9.17) is 4.74 Å². The zero-order chi connectivity index (χ0) is 21.5. The van der Waals surface area contributed by atoms with E-state index < -0.39 is 17.9 Å². The summed E-state index contributed by atoms with van der Waals surface area (Å²) in [5.41, 5.74) is 1.39. The number of carboxylic acids is 1. The Labute approximate surface area is 178 Å². The lowest BCUT2D eigenvalue weighted by atomic mass is 10.1. The van der Waals surface area contributed by atoms with Crippen molar-refractivity contribution in [2.75, 3.05) is 11.6 Å². The minimum atomic E-state index is -1.26. The third-order valence-electron chi connectivity index (χ3n) is 4.52. The molecule has 7 nitrogen and oxygen atoms in total. The molecule has 0 radical (unpaired) electrons. The van der Waals surface area contributed by atoms with Crippen LogP contribution in [0.25, 0.3) is 6.08 Å². The molecule has 2 amide bonds. The molecule has 30 heavy (non-hydrogen) atoms. The van der Waals surface area contributed by atoms with Crippen LogP contribution in [0, 0.1) is 0 Å². The summed E-state index contributed by atoms with van der Waals surface area (Å²) in [6, 6.07) is 16.0. The van der Waals surface area contributed by atoms with Crippen LogP contribution in [0.4, 0.5) is 0 Å². The van der Waals surface area contributed by atoms with Gasteiger partial charge in [0.05, 0.1) is 5.88 Å². The van der Waals surface area contributed by atoms with Crippen LogP contribution in [0.15, 0.2) is 60.3 Å². The maximum atomic E-state index is 12.5. The highest BCUT2D eigenvalue weighted by Gasteiger charge is 2.33. The molecule has 1 saturated heterocycles.